The summed E-state index contributed by atoms with van der Waals surface area (Å²) in [7, 11) is 0. The summed E-state index contributed by atoms with van der Waals surface area (Å²) in [5.41, 5.74) is 0. The molecule has 0 aliphatic rings. The Morgan fingerprint density at radius 3 is 1.44 bits per heavy atom. The van der Waals surface area contributed by atoms with Crippen molar-refractivity contribution in [1.29, 1.82) is 0 Å². The van der Waals surface area contributed by atoms with E-state index in [1.807, 2.05) is 0 Å². The Labute approximate surface area is 180 Å². The van der Waals surface area contributed by atoms with Crippen LogP contribution in [0.1, 0.15) is 78.1 Å². The number of benzene rings is 2. The molecule has 0 N–H and O–H groups in total. The first-order chi connectivity index (χ1) is 13.2. The number of hydrogen-bond acceptors (Lipinski definition) is 0. The van der Waals surface area contributed by atoms with E-state index in [0.29, 0.717) is 33.1 Å². The van der Waals surface area contributed by atoms with Crippen LogP contribution in [0, 0.1) is 0 Å². The van der Waals surface area contributed by atoms with Gasteiger partial charge in [-0.1, -0.05) is 0 Å². The molecule has 27 heavy (non-hydrogen) atoms. The molecular formula is C25H36Se2. The standard InChI is InChI=1S/C25H36Se2/c1-3-4-5-6-7-8-9-10-17-22-25(2,26-23-18-13-11-14-19-23)27-24-20-15-12-16-21-24/h11-16,18-21H,3-10,17,22H2,1-2H3. The van der Waals surface area contributed by atoms with Crippen molar-refractivity contribution in [3.05, 3.63) is 60.7 Å². The third-order valence-electron chi connectivity index (χ3n) is 4.89. The summed E-state index contributed by atoms with van der Waals surface area (Å²) in [6, 6.07) is 22.4. The Bertz CT molecular complexity index is 553. The van der Waals surface area contributed by atoms with Crippen LogP contribution >= 0.6 is 0 Å². The van der Waals surface area contributed by atoms with E-state index in [1.54, 1.807) is 8.92 Å². The van der Waals surface area contributed by atoms with Crippen LogP contribution in [0.4, 0.5) is 0 Å². The second kappa shape index (κ2) is 13.6. The maximum absolute atomic E-state index is 2.55. The second-order valence-electron chi connectivity index (χ2n) is 7.54. The van der Waals surface area contributed by atoms with Crippen molar-refractivity contribution in [1.82, 2.24) is 0 Å². The monoisotopic (exact) mass is 496 g/mol. The maximum atomic E-state index is 2.55. The zero-order valence-corrected chi connectivity index (χ0v) is 20.6. The topological polar surface area (TPSA) is 0 Å². The van der Waals surface area contributed by atoms with E-state index in [4.69, 9.17) is 0 Å². The molecule has 2 rings (SSSR count). The Morgan fingerprint density at radius 1 is 0.593 bits per heavy atom. The Balaban J connectivity index is 1.79. The van der Waals surface area contributed by atoms with E-state index in [9.17, 15) is 0 Å². The summed E-state index contributed by atoms with van der Waals surface area (Å²) in [6.45, 7) is 4.85. The Morgan fingerprint density at radius 2 is 1.00 bits per heavy atom. The molecule has 2 heteroatoms. The van der Waals surface area contributed by atoms with Gasteiger partial charge in [0, 0.05) is 0 Å². The average molecular weight is 494 g/mol. The molecule has 0 nitrogen and oxygen atoms in total. The minimum absolute atomic E-state index is 0.476. The van der Waals surface area contributed by atoms with Gasteiger partial charge in [-0.15, -0.1) is 0 Å². The molecule has 0 saturated heterocycles. The van der Waals surface area contributed by atoms with E-state index in [0.717, 1.165) is 0 Å². The molecule has 0 radical (unpaired) electrons. The van der Waals surface area contributed by atoms with E-state index in [2.05, 4.69) is 74.5 Å². The molecular weight excluding hydrogens is 458 g/mol. The summed E-state index contributed by atoms with van der Waals surface area (Å²) in [5.74, 6) is 0. The average Bonchev–Trinajstić information content (AvgIpc) is 2.68. The molecule has 0 aliphatic carbocycles. The molecule has 2 aromatic rings. The zero-order valence-electron chi connectivity index (χ0n) is 17.2. The summed E-state index contributed by atoms with van der Waals surface area (Å²) in [4.78, 5) is 0. The molecule has 2 aromatic carbocycles. The molecule has 148 valence electrons. The first-order valence-corrected chi connectivity index (χ1v) is 14.1. The van der Waals surface area contributed by atoms with Crippen molar-refractivity contribution in [2.24, 2.45) is 0 Å². The summed E-state index contributed by atoms with van der Waals surface area (Å²) in [5, 5.41) is 0. The van der Waals surface area contributed by atoms with Gasteiger partial charge < -0.3 is 0 Å². The van der Waals surface area contributed by atoms with Crippen LogP contribution in [0.25, 0.3) is 0 Å². The van der Waals surface area contributed by atoms with Crippen LogP contribution in [0.15, 0.2) is 60.7 Å². The van der Waals surface area contributed by atoms with Crippen LogP contribution in [0.3, 0.4) is 0 Å². The van der Waals surface area contributed by atoms with Gasteiger partial charge in [0.25, 0.3) is 0 Å². The fourth-order valence-corrected chi connectivity index (χ4v) is 10.4. The van der Waals surface area contributed by atoms with E-state index in [-0.39, 0.29) is 0 Å². The van der Waals surface area contributed by atoms with Gasteiger partial charge in [0.2, 0.25) is 0 Å². The van der Waals surface area contributed by atoms with Gasteiger partial charge in [0.15, 0.2) is 0 Å². The van der Waals surface area contributed by atoms with Crippen molar-refractivity contribution in [3.63, 3.8) is 0 Å². The van der Waals surface area contributed by atoms with Crippen LogP contribution in [0.2, 0.25) is 3.21 Å². The molecule has 0 aliphatic heterocycles. The molecule has 0 heterocycles. The first kappa shape index (κ1) is 22.8. The fraction of sp³-hybridized carbons (Fsp3) is 0.520. The molecule has 0 amide bonds. The summed E-state index contributed by atoms with van der Waals surface area (Å²) >= 11 is 1.09. The van der Waals surface area contributed by atoms with Crippen molar-refractivity contribution in [3.8, 4) is 0 Å². The molecule has 0 bridgehead atoms. The SMILES string of the molecule is CCCCCCCCCCCC(C)([Se]c1ccccc1)[Se]c1ccccc1. The van der Waals surface area contributed by atoms with Gasteiger partial charge in [-0.2, -0.15) is 0 Å². The molecule has 0 aromatic heterocycles. The molecule has 0 spiro atoms. The van der Waals surface area contributed by atoms with E-state index < -0.39 is 0 Å². The quantitative estimate of drug-likeness (QED) is 0.220. The van der Waals surface area contributed by atoms with Crippen molar-refractivity contribution < 1.29 is 0 Å². The van der Waals surface area contributed by atoms with Crippen molar-refractivity contribution in [2.45, 2.75) is 81.3 Å². The predicted molar refractivity (Wildman–Crippen MR) is 124 cm³/mol. The van der Waals surface area contributed by atoms with Gasteiger partial charge in [-0.05, 0) is 0 Å². The van der Waals surface area contributed by atoms with E-state index in [1.165, 1.54) is 64.2 Å². The number of unbranched alkanes of at least 4 members (excludes halogenated alkanes) is 8. The first-order valence-electron chi connectivity index (χ1n) is 10.7. The predicted octanol–water partition coefficient (Wildman–Crippen LogP) is 6.10. The van der Waals surface area contributed by atoms with Gasteiger partial charge in [-0.3, -0.25) is 0 Å². The van der Waals surface area contributed by atoms with Crippen LogP contribution in [0.5, 0.6) is 0 Å². The normalized spacial score (nSPS) is 11.6. The van der Waals surface area contributed by atoms with E-state index >= 15 is 0 Å². The van der Waals surface area contributed by atoms with Crippen LogP contribution in [-0.4, -0.2) is 29.9 Å². The van der Waals surface area contributed by atoms with Crippen LogP contribution < -0.4 is 8.92 Å². The van der Waals surface area contributed by atoms with Gasteiger partial charge in [0.1, 0.15) is 0 Å². The Kier molecular flexibility index (Phi) is 11.5. The van der Waals surface area contributed by atoms with Gasteiger partial charge in [-0.25, -0.2) is 0 Å². The molecule has 0 fully saturated rings. The molecule has 0 saturated carbocycles. The van der Waals surface area contributed by atoms with Crippen LogP contribution in [-0.2, 0) is 0 Å². The minimum atomic E-state index is 0.476. The van der Waals surface area contributed by atoms with Gasteiger partial charge in [0.05, 0.1) is 0 Å². The van der Waals surface area contributed by atoms with Gasteiger partial charge >= 0.3 is 181 Å². The third kappa shape index (κ3) is 10.00. The third-order valence-corrected chi connectivity index (χ3v) is 11.5. The summed E-state index contributed by atoms with van der Waals surface area (Å²) < 4.78 is 3.59. The number of hydrogen-bond donors (Lipinski definition) is 0. The fourth-order valence-electron chi connectivity index (χ4n) is 3.36. The zero-order chi connectivity index (χ0) is 19.2. The van der Waals surface area contributed by atoms with Crippen molar-refractivity contribution >= 4 is 38.8 Å². The van der Waals surface area contributed by atoms with Crippen molar-refractivity contribution in [2.75, 3.05) is 0 Å². The molecule has 0 unspecified atom stereocenters. The number of rotatable bonds is 14. The second-order valence-corrected chi connectivity index (χ2v) is 15.5. The molecule has 0 atom stereocenters. The Hall–Kier alpha value is -0.521. The summed E-state index contributed by atoms with van der Waals surface area (Å²) in [6.07, 6.45) is 14.2.